The van der Waals surface area contributed by atoms with Crippen molar-refractivity contribution >= 4 is 38.6 Å². The van der Waals surface area contributed by atoms with Crippen LogP contribution in [0.4, 0.5) is 5.69 Å². The van der Waals surface area contributed by atoms with E-state index < -0.39 is 28.0 Å². The van der Waals surface area contributed by atoms with E-state index in [1.54, 1.807) is 19.1 Å². The van der Waals surface area contributed by atoms with Gasteiger partial charge < -0.3 is 14.5 Å². The highest BCUT2D eigenvalue weighted by atomic mass is 32.2. The largest absolute Gasteiger partial charge is 0.449 e. The number of carbonyl (C=O) groups excluding carboxylic acids is 2. The number of aryl methyl sites for hydroxylation is 1. The molecule has 9 heteroatoms. The lowest BCUT2D eigenvalue weighted by Gasteiger charge is -2.13. The fraction of sp³-hybridized carbons (Fsp3) is 0.158. The van der Waals surface area contributed by atoms with Crippen molar-refractivity contribution in [2.75, 3.05) is 5.32 Å². The number of para-hydroxylation sites is 1. The highest BCUT2D eigenvalue weighted by molar-refractivity contribution is 7.89. The van der Waals surface area contributed by atoms with E-state index >= 15 is 0 Å². The van der Waals surface area contributed by atoms with Crippen molar-refractivity contribution in [2.24, 2.45) is 5.14 Å². The zero-order chi connectivity index (χ0) is 20.5. The average molecular weight is 402 g/mol. The van der Waals surface area contributed by atoms with Gasteiger partial charge in [-0.25, -0.2) is 18.4 Å². The smallest absolute Gasteiger partial charge is 0.375 e. The molecule has 1 aromatic heterocycles. The van der Waals surface area contributed by atoms with E-state index in [2.05, 4.69) is 5.32 Å². The first kappa shape index (κ1) is 19.6. The van der Waals surface area contributed by atoms with Gasteiger partial charge in [0.25, 0.3) is 5.91 Å². The summed E-state index contributed by atoms with van der Waals surface area (Å²) in [6, 6.07) is 12.5. The Hall–Kier alpha value is -3.17. The van der Waals surface area contributed by atoms with E-state index in [9.17, 15) is 18.0 Å². The number of anilines is 1. The van der Waals surface area contributed by atoms with Crippen LogP contribution >= 0.6 is 0 Å². The highest BCUT2D eigenvalue weighted by Gasteiger charge is 2.24. The van der Waals surface area contributed by atoms with Crippen LogP contribution in [0.2, 0.25) is 0 Å². The maximum absolute atomic E-state index is 12.4. The number of amides is 1. The maximum Gasteiger partial charge on any atom is 0.375 e. The first-order valence-electron chi connectivity index (χ1n) is 8.29. The van der Waals surface area contributed by atoms with Gasteiger partial charge in [0.1, 0.15) is 5.58 Å². The first-order chi connectivity index (χ1) is 13.2. The fourth-order valence-corrected chi connectivity index (χ4v) is 3.12. The van der Waals surface area contributed by atoms with Gasteiger partial charge in [-0.15, -0.1) is 0 Å². The third-order valence-electron chi connectivity index (χ3n) is 4.13. The molecular formula is C19H18N2O6S. The second kappa shape index (κ2) is 7.45. The van der Waals surface area contributed by atoms with Gasteiger partial charge in [-0.3, -0.25) is 4.79 Å². The summed E-state index contributed by atoms with van der Waals surface area (Å²) in [4.78, 5) is 24.6. The maximum atomic E-state index is 12.4. The molecule has 1 amide bonds. The summed E-state index contributed by atoms with van der Waals surface area (Å²) in [5.41, 5.74) is 1.52. The lowest BCUT2D eigenvalue weighted by atomic mass is 10.1. The Kier molecular flexibility index (Phi) is 5.21. The Morgan fingerprint density at radius 2 is 1.75 bits per heavy atom. The van der Waals surface area contributed by atoms with Gasteiger partial charge in [-0.05, 0) is 44.2 Å². The molecule has 28 heavy (non-hydrogen) atoms. The van der Waals surface area contributed by atoms with Crippen LogP contribution in [0.15, 0.2) is 57.8 Å². The number of benzene rings is 2. The number of sulfonamides is 1. The van der Waals surface area contributed by atoms with Crippen LogP contribution in [0.25, 0.3) is 11.0 Å². The minimum Gasteiger partial charge on any atom is -0.449 e. The van der Waals surface area contributed by atoms with Crippen molar-refractivity contribution in [3.8, 4) is 0 Å². The van der Waals surface area contributed by atoms with E-state index in [0.29, 0.717) is 16.8 Å². The predicted octanol–water partition coefficient (Wildman–Crippen LogP) is 2.57. The normalized spacial score (nSPS) is 12.5. The summed E-state index contributed by atoms with van der Waals surface area (Å²) in [6.07, 6.45) is -1.10. The Balaban J connectivity index is 1.68. The molecule has 0 spiro atoms. The molecule has 0 unspecified atom stereocenters. The van der Waals surface area contributed by atoms with E-state index in [1.165, 1.54) is 31.2 Å². The van der Waals surface area contributed by atoms with Crippen LogP contribution in [0.3, 0.4) is 0 Å². The second-order valence-corrected chi connectivity index (χ2v) is 7.72. The molecule has 3 rings (SSSR count). The number of nitrogens with one attached hydrogen (secondary N) is 1. The summed E-state index contributed by atoms with van der Waals surface area (Å²) in [5, 5.41) is 8.35. The van der Waals surface area contributed by atoms with Gasteiger partial charge in [0.15, 0.2) is 6.10 Å². The molecule has 0 aliphatic heterocycles. The van der Waals surface area contributed by atoms with E-state index in [-0.39, 0.29) is 10.7 Å². The van der Waals surface area contributed by atoms with Gasteiger partial charge in [0, 0.05) is 16.6 Å². The molecular weight excluding hydrogens is 384 g/mol. The minimum atomic E-state index is -3.82. The number of fused-ring (bicyclic) bond motifs is 1. The number of rotatable bonds is 5. The molecule has 0 fully saturated rings. The molecule has 0 saturated heterocycles. The van der Waals surface area contributed by atoms with Gasteiger partial charge in [-0.1, -0.05) is 18.2 Å². The van der Waals surface area contributed by atoms with Crippen molar-refractivity contribution in [1.82, 2.24) is 0 Å². The highest BCUT2D eigenvalue weighted by Crippen LogP contribution is 2.25. The topological polar surface area (TPSA) is 129 Å². The molecule has 0 radical (unpaired) electrons. The summed E-state index contributed by atoms with van der Waals surface area (Å²) in [7, 11) is -3.82. The second-order valence-electron chi connectivity index (χ2n) is 6.16. The van der Waals surface area contributed by atoms with Crippen molar-refractivity contribution in [3.05, 3.63) is 59.9 Å². The summed E-state index contributed by atoms with van der Waals surface area (Å²) in [5.74, 6) is -1.29. The molecule has 2 aromatic carbocycles. The van der Waals surface area contributed by atoms with E-state index in [0.717, 1.165) is 5.39 Å². The number of ether oxygens (including phenoxy) is 1. The Labute approximate surface area is 161 Å². The average Bonchev–Trinajstić information content (AvgIpc) is 2.98. The summed E-state index contributed by atoms with van der Waals surface area (Å²) in [6.45, 7) is 3.16. The van der Waals surface area contributed by atoms with E-state index in [1.807, 2.05) is 12.1 Å². The Morgan fingerprint density at radius 3 is 2.36 bits per heavy atom. The Morgan fingerprint density at radius 1 is 1.11 bits per heavy atom. The Bertz CT molecular complexity index is 1150. The quantitative estimate of drug-likeness (QED) is 0.631. The molecule has 146 valence electrons. The van der Waals surface area contributed by atoms with Crippen molar-refractivity contribution < 1.29 is 27.2 Å². The lowest BCUT2D eigenvalue weighted by Crippen LogP contribution is -2.30. The molecule has 0 bridgehead atoms. The standard InChI is InChI=1S/C19H18N2O6S/c1-11-15-5-3-4-6-16(15)27-17(11)19(23)26-12(2)18(22)21-13-7-9-14(10-8-13)28(20,24)25/h3-10,12H,1-2H3,(H,21,22)(H2,20,24,25)/t12-/m1/s1. The zero-order valence-electron chi connectivity index (χ0n) is 15.1. The van der Waals surface area contributed by atoms with Gasteiger partial charge >= 0.3 is 5.97 Å². The fourth-order valence-electron chi connectivity index (χ4n) is 2.61. The van der Waals surface area contributed by atoms with Crippen LogP contribution in [0.1, 0.15) is 23.0 Å². The SMILES string of the molecule is Cc1c(C(=O)O[C@H](C)C(=O)Nc2ccc(S(N)(=O)=O)cc2)oc2ccccc12. The predicted molar refractivity (Wildman–Crippen MR) is 102 cm³/mol. The lowest BCUT2D eigenvalue weighted by molar-refractivity contribution is -0.123. The molecule has 0 aliphatic rings. The van der Waals surface area contributed by atoms with Gasteiger partial charge in [-0.2, -0.15) is 0 Å². The molecule has 1 atom stereocenters. The number of hydrogen-bond donors (Lipinski definition) is 2. The van der Waals surface area contributed by atoms with Crippen molar-refractivity contribution in [3.63, 3.8) is 0 Å². The van der Waals surface area contributed by atoms with Crippen LogP contribution < -0.4 is 10.5 Å². The molecule has 3 N–H and O–H groups in total. The van der Waals surface area contributed by atoms with Crippen LogP contribution in [0.5, 0.6) is 0 Å². The van der Waals surface area contributed by atoms with Crippen LogP contribution in [0, 0.1) is 6.92 Å². The van der Waals surface area contributed by atoms with Gasteiger partial charge in [0.05, 0.1) is 4.90 Å². The van der Waals surface area contributed by atoms with Crippen molar-refractivity contribution in [2.45, 2.75) is 24.8 Å². The van der Waals surface area contributed by atoms with Crippen LogP contribution in [-0.4, -0.2) is 26.4 Å². The zero-order valence-corrected chi connectivity index (χ0v) is 15.9. The number of nitrogens with two attached hydrogens (primary N) is 1. The third-order valence-corrected chi connectivity index (χ3v) is 5.06. The van der Waals surface area contributed by atoms with Crippen molar-refractivity contribution in [1.29, 1.82) is 0 Å². The molecule has 8 nitrogen and oxygen atoms in total. The number of esters is 1. The summed E-state index contributed by atoms with van der Waals surface area (Å²) < 4.78 is 33.2. The minimum absolute atomic E-state index is 0.0401. The molecule has 0 aliphatic carbocycles. The number of primary sulfonamides is 1. The monoisotopic (exact) mass is 402 g/mol. The number of hydrogen-bond acceptors (Lipinski definition) is 6. The number of carbonyl (C=O) groups is 2. The molecule has 1 heterocycles. The number of furan rings is 1. The van der Waals surface area contributed by atoms with Gasteiger partial charge in [0.2, 0.25) is 15.8 Å². The molecule has 0 saturated carbocycles. The third kappa shape index (κ3) is 4.05. The molecule has 3 aromatic rings. The van der Waals surface area contributed by atoms with Crippen LogP contribution in [-0.2, 0) is 19.6 Å². The van der Waals surface area contributed by atoms with E-state index in [4.69, 9.17) is 14.3 Å². The summed E-state index contributed by atoms with van der Waals surface area (Å²) >= 11 is 0. The first-order valence-corrected chi connectivity index (χ1v) is 9.84.